The van der Waals surface area contributed by atoms with Crippen LogP contribution in [0, 0.1) is 6.92 Å². The van der Waals surface area contributed by atoms with E-state index >= 15 is 0 Å². The average Bonchev–Trinajstić information content (AvgIpc) is 3.56. The SMILES string of the molecule is Cc1c(C(=O)NN2CCCCC2)nn(-c2ccc(Cl)cc2Cl)c1-c1ccc(CN2CCCC2)s1. The Kier molecular flexibility index (Phi) is 7.27. The molecule has 6 nitrogen and oxygen atoms in total. The van der Waals surface area contributed by atoms with Crippen LogP contribution in [-0.4, -0.2) is 51.8 Å². The van der Waals surface area contributed by atoms with Crippen LogP contribution in [0.3, 0.4) is 0 Å². The molecule has 1 amide bonds. The molecule has 9 heteroatoms. The van der Waals surface area contributed by atoms with Crippen molar-refractivity contribution in [3.63, 3.8) is 0 Å². The van der Waals surface area contributed by atoms with Crippen molar-refractivity contribution in [3.8, 4) is 16.3 Å². The first kappa shape index (κ1) is 23.8. The Labute approximate surface area is 214 Å². The lowest BCUT2D eigenvalue weighted by atomic mass is 10.1. The Morgan fingerprint density at radius 1 is 1.03 bits per heavy atom. The number of rotatable bonds is 6. The van der Waals surface area contributed by atoms with Crippen molar-refractivity contribution in [1.29, 1.82) is 0 Å². The maximum Gasteiger partial charge on any atom is 0.286 e. The summed E-state index contributed by atoms with van der Waals surface area (Å²) >= 11 is 14.5. The fourth-order valence-electron chi connectivity index (χ4n) is 4.78. The van der Waals surface area contributed by atoms with E-state index in [0.717, 1.165) is 61.7 Å². The third-order valence-corrected chi connectivity index (χ3v) is 8.18. The van der Waals surface area contributed by atoms with Gasteiger partial charge < -0.3 is 0 Å². The van der Waals surface area contributed by atoms with Gasteiger partial charge in [0.25, 0.3) is 5.91 Å². The molecule has 180 valence electrons. The monoisotopic (exact) mass is 517 g/mol. The normalized spacial score (nSPS) is 17.4. The molecule has 2 fully saturated rings. The van der Waals surface area contributed by atoms with E-state index in [2.05, 4.69) is 22.5 Å². The highest BCUT2D eigenvalue weighted by Gasteiger charge is 2.26. The Morgan fingerprint density at radius 2 is 1.76 bits per heavy atom. The van der Waals surface area contributed by atoms with Gasteiger partial charge in [-0.25, -0.2) is 9.69 Å². The largest absolute Gasteiger partial charge is 0.298 e. The average molecular weight is 519 g/mol. The van der Waals surface area contributed by atoms with Crippen molar-refractivity contribution in [3.05, 3.63) is 56.5 Å². The Morgan fingerprint density at radius 3 is 2.50 bits per heavy atom. The van der Waals surface area contributed by atoms with Crippen LogP contribution in [0.4, 0.5) is 0 Å². The zero-order valence-electron chi connectivity index (χ0n) is 19.3. The number of carbonyl (C=O) groups excluding carboxylic acids is 1. The number of thiophene rings is 1. The first-order chi connectivity index (χ1) is 16.5. The number of nitrogens with zero attached hydrogens (tertiary/aromatic N) is 4. The van der Waals surface area contributed by atoms with Crippen LogP contribution < -0.4 is 5.43 Å². The fourth-order valence-corrected chi connectivity index (χ4v) is 6.41. The predicted molar refractivity (Wildman–Crippen MR) is 139 cm³/mol. The molecule has 0 aliphatic carbocycles. The highest BCUT2D eigenvalue weighted by molar-refractivity contribution is 7.15. The summed E-state index contributed by atoms with van der Waals surface area (Å²) in [5, 5.41) is 7.83. The third kappa shape index (κ3) is 5.04. The van der Waals surface area contributed by atoms with E-state index in [1.54, 1.807) is 28.2 Å². The zero-order chi connectivity index (χ0) is 23.7. The van der Waals surface area contributed by atoms with E-state index in [9.17, 15) is 4.79 Å². The summed E-state index contributed by atoms with van der Waals surface area (Å²) < 4.78 is 1.80. The Bertz CT molecular complexity index is 1180. The summed E-state index contributed by atoms with van der Waals surface area (Å²) in [7, 11) is 0. The number of benzene rings is 1. The molecular formula is C25H29Cl2N5OS. The number of hydrazine groups is 1. The van der Waals surface area contributed by atoms with Gasteiger partial charge >= 0.3 is 0 Å². The van der Waals surface area contributed by atoms with Crippen LogP contribution in [0.2, 0.25) is 10.0 Å². The number of carbonyl (C=O) groups is 1. The molecule has 1 aromatic carbocycles. The van der Waals surface area contributed by atoms with Crippen molar-refractivity contribution in [2.75, 3.05) is 26.2 Å². The molecule has 2 aromatic heterocycles. The predicted octanol–water partition coefficient (Wildman–Crippen LogP) is 5.94. The lowest BCUT2D eigenvalue weighted by molar-refractivity contribution is 0.0743. The number of likely N-dealkylation sites (tertiary alicyclic amines) is 1. The summed E-state index contributed by atoms with van der Waals surface area (Å²) in [5.74, 6) is -0.182. The summed E-state index contributed by atoms with van der Waals surface area (Å²) in [6, 6.07) is 9.68. The van der Waals surface area contributed by atoms with Gasteiger partial charge in [0, 0.05) is 35.1 Å². The lowest BCUT2D eigenvalue weighted by Crippen LogP contribution is -2.45. The van der Waals surface area contributed by atoms with E-state index in [0.29, 0.717) is 21.4 Å². The second-order valence-electron chi connectivity index (χ2n) is 9.07. The van der Waals surface area contributed by atoms with Crippen molar-refractivity contribution >= 4 is 40.4 Å². The van der Waals surface area contributed by atoms with E-state index < -0.39 is 0 Å². The molecule has 3 aromatic rings. The van der Waals surface area contributed by atoms with Crippen molar-refractivity contribution in [2.45, 2.75) is 45.6 Å². The van der Waals surface area contributed by atoms with Gasteiger partial charge in [-0.2, -0.15) is 5.10 Å². The Balaban J connectivity index is 1.52. The highest BCUT2D eigenvalue weighted by atomic mass is 35.5. The van der Waals surface area contributed by atoms with Gasteiger partial charge in [0.2, 0.25) is 0 Å². The molecule has 0 spiro atoms. The van der Waals surface area contributed by atoms with Gasteiger partial charge in [0.15, 0.2) is 5.69 Å². The summed E-state index contributed by atoms with van der Waals surface area (Å²) in [4.78, 5) is 18.1. The van der Waals surface area contributed by atoms with Gasteiger partial charge in [-0.3, -0.25) is 15.1 Å². The molecule has 2 saturated heterocycles. The van der Waals surface area contributed by atoms with Gasteiger partial charge in [0.05, 0.1) is 21.3 Å². The molecule has 2 aliphatic rings. The van der Waals surface area contributed by atoms with Crippen LogP contribution in [0.15, 0.2) is 30.3 Å². The number of piperidine rings is 1. The lowest BCUT2D eigenvalue weighted by Gasteiger charge is -2.26. The van der Waals surface area contributed by atoms with E-state index in [1.165, 1.54) is 24.1 Å². The standard InChI is InChI=1S/C25H29Cl2N5OS/c1-17-23(25(33)29-31-13-3-2-4-14-31)28-32(21-9-7-18(26)15-20(21)27)24(17)22-10-8-19(34-22)16-30-11-5-6-12-30/h7-10,15H,2-6,11-14,16H2,1H3,(H,29,33). The molecule has 0 unspecified atom stereocenters. The first-order valence-electron chi connectivity index (χ1n) is 11.9. The van der Waals surface area contributed by atoms with Crippen LogP contribution in [-0.2, 0) is 6.54 Å². The minimum Gasteiger partial charge on any atom is -0.298 e. The van der Waals surface area contributed by atoms with Crippen LogP contribution in [0.5, 0.6) is 0 Å². The molecule has 0 saturated carbocycles. The zero-order valence-corrected chi connectivity index (χ0v) is 21.6. The minimum atomic E-state index is -0.182. The second-order valence-corrected chi connectivity index (χ2v) is 11.1. The number of halogens is 2. The number of nitrogens with one attached hydrogen (secondary N) is 1. The number of hydrogen-bond acceptors (Lipinski definition) is 5. The number of aromatic nitrogens is 2. The summed E-state index contributed by atoms with van der Waals surface area (Å²) in [6.45, 7) is 6.98. The van der Waals surface area contributed by atoms with E-state index in [1.807, 2.05) is 18.0 Å². The van der Waals surface area contributed by atoms with Crippen molar-refractivity contribution in [2.24, 2.45) is 0 Å². The van der Waals surface area contributed by atoms with Crippen LogP contribution in [0.1, 0.15) is 53.0 Å². The molecule has 0 atom stereocenters. The van der Waals surface area contributed by atoms with Gasteiger partial charge in [0.1, 0.15) is 0 Å². The Hall–Kier alpha value is -1.90. The van der Waals surface area contributed by atoms with E-state index in [4.69, 9.17) is 28.3 Å². The topological polar surface area (TPSA) is 53.4 Å². The maximum absolute atomic E-state index is 13.3. The van der Waals surface area contributed by atoms with Gasteiger partial charge in [-0.15, -0.1) is 11.3 Å². The van der Waals surface area contributed by atoms with Crippen molar-refractivity contribution in [1.82, 2.24) is 25.1 Å². The smallest absolute Gasteiger partial charge is 0.286 e. The summed E-state index contributed by atoms with van der Waals surface area (Å²) in [5.41, 5.74) is 5.92. The molecular weight excluding hydrogens is 489 g/mol. The molecule has 2 aliphatic heterocycles. The number of amides is 1. The molecule has 0 bridgehead atoms. The summed E-state index contributed by atoms with van der Waals surface area (Å²) in [6.07, 6.45) is 5.93. The molecule has 34 heavy (non-hydrogen) atoms. The van der Waals surface area contributed by atoms with Crippen LogP contribution in [0.25, 0.3) is 16.3 Å². The number of hydrogen-bond donors (Lipinski definition) is 1. The highest BCUT2D eigenvalue weighted by Crippen LogP contribution is 2.36. The first-order valence-corrected chi connectivity index (χ1v) is 13.5. The minimum absolute atomic E-state index is 0.182. The molecule has 0 radical (unpaired) electrons. The molecule has 5 rings (SSSR count). The second kappa shape index (κ2) is 10.4. The molecule has 1 N–H and O–H groups in total. The van der Waals surface area contributed by atoms with Crippen LogP contribution >= 0.6 is 34.5 Å². The third-order valence-electron chi connectivity index (χ3n) is 6.56. The van der Waals surface area contributed by atoms with E-state index in [-0.39, 0.29) is 5.91 Å². The maximum atomic E-state index is 13.3. The van der Waals surface area contributed by atoms with Crippen molar-refractivity contribution < 1.29 is 4.79 Å². The fraction of sp³-hybridized carbons (Fsp3) is 0.440. The van der Waals surface area contributed by atoms with Gasteiger partial charge in [-0.05, 0) is 76.0 Å². The van der Waals surface area contributed by atoms with Gasteiger partial charge in [-0.1, -0.05) is 29.6 Å². The molecule has 4 heterocycles. The quantitative estimate of drug-likeness (QED) is 0.439.